The Morgan fingerprint density at radius 3 is 2.52 bits per heavy atom. The quantitative estimate of drug-likeness (QED) is 0.671. The zero-order valence-corrected chi connectivity index (χ0v) is 12.2. The van der Waals surface area contributed by atoms with Gasteiger partial charge in [0.25, 0.3) is 0 Å². The van der Waals surface area contributed by atoms with Crippen molar-refractivity contribution < 1.29 is 13.2 Å². The monoisotopic (exact) mass is 323 g/mol. The van der Waals surface area contributed by atoms with Gasteiger partial charge in [-0.25, -0.2) is 9.67 Å². The second kappa shape index (κ2) is 5.94. The number of rotatable bonds is 4. The van der Waals surface area contributed by atoms with Crippen LogP contribution in [0.2, 0.25) is 0 Å². The van der Waals surface area contributed by atoms with Crippen LogP contribution in [0.25, 0.3) is 5.69 Å². The lowest BCUT2D eigenvalue weighted by molar-refractivity contribution is -0.141. The number of hydrogen-bond donors (Lipinski definition) is 2. The van der Waals surface area contributed by atoms with Gasteiger partial charge in [0.1, 0.15) is 0 Å². The van der Waals surface area contributed by atoms with Gasteiger partial charge >= 0.3 is 6.18 Å². The molecule has 0 radical (unpaired) electrons. The zero-order chi connectivity index (χ0) is 16.4. The van der Waals surface area contributed by atoms with Crippen molar-refractivity contribution in [1.82, 2.24) is 15.1 Å². The van der Waals surface area contributed by atoms with Gasteiger partial charge in [-0.05, 0) is 36.6 Å². The van der Waals surface area contributed by atoms with E-state index < -0.39 is 11.9 Å². The smallest absolute Gasteiger partial charge is 0.370 e. The highest BCUT2D eigenvalue weighted by Gasteiger charge is 2.33. The summed E-state index contributed by atoms with van der Waals surface area (Å²) in [4.78, 5) is 4.23. The van der Waals surface area contributed by atoms with Gasteiger partial charge < -0.3 is 11.1 Å². The number of aromatic nitrogens is 2. The number of nitrogens with one attached hydrogen (secondary N) is 1. The fourth-order valence-electron chi connectivity index (χ4n) is 2.03. The zero-order valence-electron chi connectivity index (χ0n) is 12.2. The van der Waals surface area contributed by atoms with E-state index in [0.29, 0.717) is 24.2 Å². The minimum absolute atomic E-state index is 0.415. The average molecular weight is 323 g/mol. The summed E-state index contributed by atoms with van der Waals surface area (Å²) < 4.78 is 38.8. The van der Waals surface area contributed by atoms with Crippen molar-refractivity contribution >= 4 is 5.96 Å². The topological polar surface area (TPSA) is 68.2 Å². The van der Waals surface area contributed by atoms with Crippen LogP contribution in [-0.2, 0) is 12.7 Å². The van der Waals surface area contributed by atoms with E-state index in [9.17, 15) is 13.2 Å². The van der Waals surface area contributed by atoms with E-state index in [1.165, 1.54) is 10.9 Å². The molecule has 5 nitrogen and oxygen atoms in total. The van der Waals surface area contributed by atoms with E-state index in [4.69, 9.17) is 5.73 Å². The molecule has 1 aromatic heterocycles. The molecular formula is C15H16F3N5. The summed E-state index contributed by atoms with van der Waals surface area (Å²) in [7, 11) is 0. The van der Waals surface area contributed by atoms with Crippen molar-refractivity contribution in [3.8, 4) is 5.69 Å². The average Bonchev–Trinajstić information content (AvgIpc) is 3.16. The van der Waals surface area contributed by atoms with E-state index in [0.717, 1.165) is 24.5 Å². The van der Waals surface area contributed by atoms with Crippen LogP contribution in [0, 0.1) is 0 Å². The third-order valence-electron chi connectivity index (χ3n) is 3.44. The maximum atomic E-state index is 12.5. The summed E-state index contributed by atoms with van der Waals surface area (Å²) in [5.74, 6) is 0.415. The number of nitrogens with zero attached hydrogens (tertiary/aromatic N) is 3. The number of guanidine groups is 1. The van der Waals surface area contributed by atoms with Gasteiger partial charge in [0.2, 0.25) is 0 Å². The van der Waals surface area contributed by atoms with Crippen LogP contribution in [0.3, 0.4) is 0 Å². The first-order valence-corrected chi connectivity index (χ1v) is 7.20. The molecule has 1 heterocycles. The molecule has 0 saturated heterocycles. The highest BCUT2D eigenvalue weighted by Crippen LogP contribution is 2.27. The molecule has 3 rings (SSSR count). The maximum absolute atomic E-state index is 12.5. The molecule has 1 saturated carbocycles. The van der Waals surface area contributed by atoms with E-state index in [2.05, 4.69) is 15.4 Å². The molecule has 3 N–H and O–H groups in total. The molecule has 2 aromatic rings. The van der Waals surface area contributed by atoms with Crippen molar-refractivity contribution in [2.24, 2.45) is 10.7 Å². The Morgan fingerprint density at radius 2 is 1.96 bits per heavy atom. The molecule has 23 heavy (non-hydrogen) atoms. The number of benzene rings is 1. The van der Waals surface area contributed by atoms with Gasteiger partial charge in [-0.3, -0.25) is 0 Å². The third kappa shape index (κ3) is 4.02. The molecule has 0 unspecified atom stereocenters. The summed E-state index contributed by atoms with van der Waals surface area (Å²) >= 11 is 0. The number of hydrogen-bond acceptors (Lipinski definition) is 2. The minimum Gasteiger partial charge on any atom is -0.370 e. The number of nitrogens with two attached hydrogens (primary N) is 1. The summed E-state index contributed by atoms with van der Waals surface area (Å²) in [6.45, 7) is 0.415. The minimum atomic E-state index is -4.44. The van der Waals surface area contributed by atoms with Gasteiger partial charge in [-0.15, -0.1) is 0 Å². The summed E-state index contributed by atoms with van der Waals surface area (Å²) in [5.41, 5.74) is 6.30. The van der Waals surface area contributed by atoms with Crippen molar-refractivity contribution in [3.05, 3.63) is 47.8 Å². The molecule has 1 aromatic carbocycles. The fourth-order valence-corrected chi connectivity index (χ4v) is 2.03. The molecular weight excluding hydrogens is 307 g/mol. The Bertz CT molecular complexity index is 699. The molecule has 0 spiro atoms. The highest BCUT2D eigenvalue weighted by molar-refractivity contribution is 5.78. The predicted molar refractivity (Wildman–Crippen MR) is 80.1 cm³/mol. The number of halogens is 3. The van der Waals surface area contributed by atoms with Crippen LogP contribution in [0.5, 0.6) is 0 Å². The van der Waals surface area contributed by atoms with E-state index in [1.54, 1.807) is 24.3 Å². The molecule has 1 aliphatic carbocycles. The SMILES string of the molecule is NC(=NCc1ccc(-n2ccc(C(F)(F)F)n2)cc1)NC1CC1. The molecule has 0 atom stereocenters. The van der Waals surface area contributed by atoms with Gasteiger partial charge in [-0.2, -0.15) is 18.3 Å². The molecule has 0 bridgehead atoms. The standard InChI is InChI=1S/C15H16F3N5/c16-15(17,18)13-7-8-23(22-13)12-5-1-10(2-6-12)9-20-14(19)21-11-3-4-11/h1-2,5-8,11H,3-4,9H2,(H3,19,20,21). The van der Waals surface area contributed by atoms with Crippen LogP contribution in [0.15, 0.2) is 41.5 Å². The Kier molecular flexibility index (Phi) is 3.97. The van der Waals surface area contributed by atoms with Crippen LogP contribution < -0.4 is 11.1 Å². The van der Waals surface area contributed by atoms with Gasteiger partial charge in [0.15, 0.2) is 11.7 Å². The van der Waals surface area contributed by atoms with Crippen LogP contribution >= 0.6 is 0 Å². The predicted octanol–water partition coefficient (Wildman–Crippen LogP) is 2.46. The Labute approximate surface area is 131 Å². The first kappa shape index (κ1) is 15.4. The van der Waals surface area contributed by atoms with Gasteiger partial charge in [0.05, 0.1) is 12.2 Å². The summed E-state index contributed by atoms with van der Waals surface area (Å²) in [6.07, 6.45) is -0.914. The van der Waals surface area contributed by atoms with Crippen molar-refractivity contribution in [3.63, 3.8) is 0 Å². The van der Waals surface area contributed by atoms with Crippen LogP contribution in [0.1, 0.15) is 24.1 Å². The Hall–Kier alpha value is -2.51. The molecule has 0 aliphatic heterocycles. The highest BCUT2D eigenvalue weighted by atomic mass is 19.4. The summed E-state index contributed by atoms with van der Waals surface area (Å²) in [6, 6.07) is 8.37. The van der Waals surface area contributed by atoms with E-state index in [1.807, 2.05) is 0 Å². The molecule has 0 amide bonds. The Morgan fingerprint density at radius 1 is 1.26 bits per heavy atom. The number of aliphatic imine (C=N–C) groups is 1. The first-order valence-electron chi connectivity index (χ1n) is 7.20. The Balaban J connectivity index is 1.65. The second-order valence-corrected chi connectivity index (χ2v) is 5.43. The normalized spacial score (nSPS) is 15.7. The van der Waals surface area contributed by atoms with Crippen molar-refractivity contribution in [2.75, 3.05) is 0 Å². The lowest BCUT2D eigenvalue weighted by atomic mass is 10.2. The van der Waals surface area contributed by atoms with Crippen molar-refractivity contribution in [2.45, 2.75) is 31.6 Å². The van der Waals surface area contributed by atoms with E-state index in [-0.39, 0.29) is 0 Å². The van der Waals surface area contributed by atoms with Gasteiger partial charge in [-0.1, -0.05) is 12.1 Å². The molecule has 122 valence electrons. The summed E-state index contributed by atoms with van der Waals surface area (Å²) in [5, 5.41) is 6.61. The first-order chi connectivity index (χ1) is 10.9. The molecule has 1 fully saturated rings. The van der Waals surface area contributed by atoms with Crippen LogP contribution in [0.4, 0.5) is 13.2 Å². The van der Waals surface area contributed by atoms with Crippen molar-refractivity contribution in [1.29, 1.82) is 0 Å². The maximum Gasteiger partial charge on any atom is 0.435 e. The third-order valence-corrected chi connectivity index (χ3v) is 3.44. The fraction of sp³-hybridized carbons (Fsp3) is 0.333. The largest absolute Gasteiger partial charge is 0.435 e. The second-order valence-electron chi connectivity index (χ2n) is 5.43. The lowest BCUT2D eigenvalue weighted by Crippen LogP contribution is -2.33. The number of alkyl halides is 3. The van der Waals surface area contributed by atoms with Gasteiger partial charge in [0, 0.05) is 12.2 Å². The molecule has 1 aliphatic rings. The molecule has 8 heteroatoms. The van der Waals surface area contributed by atoms with Crippen LogP contribution in [-0.4, -0.2) is 21.8 Å². The van der Waals surface area contributed by atoms with E-state index >= 15 is 0 Å². The lowest BCUT2D eigenvalue weighted by Gasteiger charge is -2.05.